The van der Waals surface area contributed by atoms with E-state index in [4.69, 9.17) is 4.74 Å². The Morgan fingerprint density at radius 1 is 1.25 bits per heavy atom. The molecule has 0 fully saturated rings. The van der Waals surface area contributed by atoms with Crippen LogP contribution in [0.4, 0.5) is 8.78 Å². The maximum absolute atomic E-state index is 12.0. The molecule has 0 heterocycles. The van der Waals surface area contributed by atoms with Gasteiger partial charge in [0.05, 0.1) is 12.7 Å². The summed E-state index contributed by atoms with van der Waals surface area (Å²) in [6.45, 7) is 7.79. The molecule has 0 atom stereocenters. The standard InChI is InChI=1S/C9H18F2O/c1-7(2)12-6-9(3,4)5-8(10)11/h7-8H,5-6H2,1-4H3. The lowest BCUT2D eigenvalue weighted by Crippen LogP contribution is -2.24. The van der Waals surface area contributed by atoms with Gasteiger partial charge < -0.3 is 4.74 Å². The van der Waals surface area contributed by atoms with E-state index in [9.17, 15) is 8.78 Å². The van der Waals surface area contributed by atoms with Crippen LogP contribution in [-0.2, 0) is 4.74 Å². The summed E-state index contributed by atoms with van der Waals surface area (Å²) < 4.78 is 29.3. The zero-order chi connectivity index (χ0) is 9.78. The lowest BCUT2D eigenvalue weighted by Gasteiger charge is -2.25. The smallest absolute Gasteiger partial charge is 0.239 e. The monoisotopic (exact) mass is 180 g/mol. The van der Waals surface area contributed by atoms with Gasteiger partial charge in [-0.15, -0.1) is 0 Å². The topological polar surface area (TPSA) is 9.23 Å². The zero-order valence-corrected chi connectivity index (χ0v) is 8.23. The summed E-state index contributed by atoms with van der Waals surface area (Å²) >= 11 is 0. The molecule has 0 aromatic rings. The van der Waals surface area contributed by atoms with Gasteiger partial charge in [-0.1, -0.05) is 13.8 Å². The molecule has 0 spiro atoms. The number of halogens is 2. The van der Waals surface area contributed by atoms with Gasteiger partial charge in [0.2, 0.25) is 6.43 Å². The number of rotatable bonds is 5. The molecule has 0 rings (SSSR count). The number of ether oxygens (including phenoxy) is 1. The Labute approximate surface area is 73.1 Å². The molecule has 0 aliphatic carbocycles. The van der Waals surface area contributed by atoms with E-state index in [-0.39, 0.29) is 12.5 Å². The SMILES string of the molecule is CC(C)OCC(C)(C)CC(F)F. The van der Waals surface area contributed by atoms with Crippen molar-refractivity contribution in [1.29, 1.82) is 0 Å². The highest BCUT2D eigenvalue weighted by Gasteiger charge is 2.23. The third-order valence-corrected chi connectivity index (χ3v) is 1.51. The van der Waals surface area contributed by atoms with Crippen LogP contribution in [0.5, 0.6) is 0 Å². The van der Waals surface area contributed by atoms with Crippen LogP contribution in [0.15, 0.2) is 0 Å². The van der Waals surface area contributed by atoms with Gasteiger partial charge in [-0.05, 0) is 19.3 Å². The molecule has 0 N–H and O–H groups in total. The quantitative estimate of drug-likeness (QED) is 0.631. The minimum Gasteiger partial charge on any atom is -0.378 e. The molecular weight excluding hydrogens is 162 g/mol. The Morgan fingerprint density at radius 2 is 1.75 bits per heavy atom. The van der Waals surface area contributed by atoms with Gasteiger partial charge in [0, 0.05) is 6.42 Å². The molecule has 0 amide bonds. The van der Waals surface area contributed by atoms with Crippen LogP contribution in [-0.4, -0.2) is 19.1 Å². The van der Waals surface area contributed by atoms with E-state index in [0.717, 1.165) is 0 Å². The largest absolute Gasteiger partial charge is 0.378 e. The second kappa shape index (κ2) is 4.75. The average Bonchev–Trinajstić information content (AvgIpc) is 1.81. The van der Waals surface area contributed by atoms with Crippen LogP contribution in [0.2, 0.25) is 0 Å². The number of hydrogen-bond donors (Lipinski definition) is 0. The summed E-state index contributed by atoms with van der Waals surface area (Å²) in [6, 6.07) is 0. The van der Waals surface area contributed by atoms with Crippen molar-refractivity contribution in [2.45, 2.75) is 46.6 Å². The molecule has 12 heavy (non-hydrogen) atoms. The molecule has 0 saturated heterocycles. The highest BCUT2D eigenvalue weighted by molar-refractivity contribution is 4.69. The fourth-order valence-electron chi connectivity index (χ4n) is 0.869. The van der Waals surface area contributed by atoms with E-state index >= 15 is 0 Å². The molecule has 3 heteroatoms. The lowest BCUT2D eigenvalue weighted by molar-refractivity contribution is -0.00862. The van der Waals surface area contributed by atoms with E-state index < -0.39 is 11.8 Å². The van der Waals surface area contributed by atoms with E-state index in [1.165, 1.54) is 0 Å². The first-order valence-corrected chi connectivity index (χ1v) is 4.23. The zero-order valence-electron chi connectivity index (χ0n) is 8.23. The third-order valence-electron chi connectivity index (χ3n) is 1.51. The number of hydrogen-bond acceptors (Lipinski definition) is 1. The lowest BCUT2D eigenvalue weighted by atomic mass is 9.91. The Morgan fingerprint density at radius 3 is 2.08 bits per heavy atom. The summed E-state index contributed by atoms with van der Waals surface area (Å²) in [6.07, 6.45) is -2.22. The van der Waals surface area contributed by atoms with Crippen molar-refractivity contribution in [1.82, 2.24) is 0 Å². The van der Waals surface area contributed by atoms with Crippen LogP contribution in [0, 0.1) is 5.41 Å². The molecule has 0 saturated carbocycles. The van der Waals surface area contributed by atoms with Crippen LogP contribution < -0.4 is 0 Å². The van der Waals surface area contributed by atoms with Crippen molar-refractivity contribution in [3.63, 3.8) is 0 Å². The van der Waals surface area contributed by atoms with Crippen molar-refractivity contribution >= 4 is 0 Å². The molecule has 74 valence electrons. The highest BCUT2D eigenvalue weighted by Crippen LogP contribution is 2.25. The normalized spacial score (nSPS) is 13.0. The molecule has 0 aromatic carbocycles. The van der Waals surface area contributed by atoms with Crippen LogP contribution in [0.25, 0.3) is 0 Å². The third kappa shape index (κ3) is 6.53. The van der Waals surface area contributed by atoms with Gasteiger partial charge in [-0.25, -0.2) is 8.78 Å². The number of alkyl halides is 2. The highest BCUT2D eigenvalue weighted by atomic mass is 19.3. The first-order valence-electron chi connectivity index (χ1n) is 4.23. The predicted molar refractivity (Wildman–Crippen MR) is 45.5 cm³/mol. The summed E-state index contributed by atoms with van der Waals surface area (Å²) in [4.78, 5) is 0. The van der Waals surface area contributed by atoms with Gasteiger partial charge in [0.25, 0.3) is 0 Å². The molecule has 0 unspecified atom stereocenters. The molecule has 0 bridgehead atoms. The first-order chi connectivity index (χ1) is 5.33. The molecule has 1 nitrogen and oxygen atoms in total. The molecular formula is C9H18F2O. The van der Waals surface area contributed by atoms with Gasteiger partial charge >= 0.3 is 0 Å². The van der Waals surface area contributed by atoms with Crippen molar-refractivity contribution in [2.75, 3.05) is 6.61 Å². The van der Waals surface area contributed by atoms with Gasteiger partial charge in [-0.3, -0.25) is 0 Å². The van der Waals surface area contributed by atoms with Gasteiger partial charge in [0.1, 0.15) is 0 Å². The fraction of sp³-hybridized carbons (Fsp3) is 1.00. The second-order valence-corrected chi connectivity index (χ2v) is 4.12. The minimum absolute atomic E-state index is 0.0975. The Balaban J connectivity index is 3.71. The van der Waals surface area contributed by atoms with Gasteiger partial charge in [0.15, 0.2) is 0 Å². The maximum atomic E-state index is 12.0. The summed E-state index contributed by atoms with van der Waals surface area (Å²) in [7, 11) is 0. The van der Waals surface area contributed by atoms with Crippen molar-refractivity contribution in [3.8, 4) is 0 Å². The van der Waals surface area contributed by atoms with E-state index in [1.54, 1.807) is 13.8 Å². The summed E-state index contributed by atoms with van der Waals surface area (Å²) in [5.74, 6) is 0. The Bertz CT molecular complexity index is 122. The fourth-order valence-corrected chi connectivity index (χ4v) is 0.869. The van der Waals surface area contributed by atoms with Crippen molar-refractivity contribution in [2.24, 2.45) is 5.41 Å². The van der Waals surface area contributed by atoms with Crippen LogP contribution in [0.1, 0.15) is 34.1 Å². The Kier molecular flexibility index (Phi) is 4.68. The van der Waals surface area contributed by atoms with Crippen LogP contribution >= 0.6 is 0 Å². The maximum Gasteiger partial charge on any atom is 0.239 e. The molecule has 0 radical (unpaired) electrons. The predicted octanol–water partition coefficient (Wildman–Crippen LogP) is 3.09. The van der Waals surface area contributed by atoms with Crippen molar-refractivity contribution in [3.05, 3.63) is 0 Å². The summed E-state index contributed by atoms with van der Waals surface area (Å²) in [5.41, 5.74) is -0.418. The van der Waals surface area contributed by atoms with Gasteiger partial charge in [-0.2, -0.15) is 0 Å². The first kappa shape index (κ1) is 11.8. The Hall–Kier alpha value is -0.180. The van der Waals surface area contributed by atoms with E-state index in [1.807, 2.05) is 13.8 Å². The van der Waals surface area contributed by atoms with E-state index in [0.29, 0.717) is 6.61 Å². The minimum atomic E-state index is -2.24. The van der Waals surface area contributed by atoms with E-state index in [2.05, 4.69) is 0 Å². The second-order valence-electron chi connectivity index (χ2n) is 4.12. The van der Waals surface area contributed by atoms with Crippen molar-refractivity contribution < 1.29 is 13.5 Å². The molecule has 0 aliphatic rings. The van der Waals surface area contributed by atoms with Crippen LogP contribution in [0.3, 0.4) is 0 Å². The average molecular weight is 180 g/mol. The molecule has 0 aromatic heterocycles. The molecule has 0 aliphatic heterocycles. The summed E-state index contributed by atoms with van der Waals surface area (Å²) in [5, 5.41) is 0.